The van der Waals surface area contributed by atoms with Crippen molar-refractivity contribution in [1.29, 1.82) is 0 Å². The van der Waals surface area contributed by atoms with Gasteiger partial charge in [-0.2, -0.15) is 0 Å². The maximum Gasteiger partial charge on any atom is 0.326 e. The SMILES string of the molecule is O=C(O)C1(S(=O)(=O)N2CCC(CCCO)CC2)CCOCC1. The van der Waals surface area contributed by atoms with E-state index in [1.807, 2.05) is 0 Å². The fraction of sp³-hybridized carbons (Fsp3) is 0.929. The molecule has 0 saturated carbocycles. The van der Waals surface area contributed by atoms with E-state index in [4.69, 9.17) is 9.84 Å². The molecule has 0 unspecified atom stereocenters. The molecular weight excluding hydrogens is 310 g/mol. The van der Waals surface area contributed by atoms with Crippen LogP contribution in [0.2, 0.25) is 0 Å². The minimum Gasteiger partial charge on any atom is -0.480 e. The fourth-order valence-corrected chi connectivity index (χ4v) is 5.44. The topological polar surface area (TPSA) is 104 Å². The molecule has 2 saturated heterocycles. The Morgan fingerprint density at radius 1 is 1.23 bits per heavy atom. The van der Waals surface area contributed by atoms with Crippen molar-refractivity contribution in [2.24, 2.45) is 5.92 Å². The zero-order chi connectivity index (χ0) is 16.2. The van der Waals surface area contributed by atoms with E-state index in [1.54, 1.807) is 0 Å². The predicted molar refractivity (Wildman–Crippen MR) is 80.0 cm³/mol. The number of rotatable bonds is 6. The lowest BCUT2D eigenvalue weighted by molar-refractivity contribution is -0.142. The van der Waals surface area contributed by atoms with Crippen molar-refractivity contribution in [2.75, 3.05) is 32.9 Å². The molecule has 2 fully saturated rings. The van der Waals surface area contributed by atoms with Gasteiger partial charge < -0.3 is 14.9 Å². The van der Waals surface area contributed by atoms with Crippen LogP contribution in [0, 0.1) is 5.92 Å². The normalized spacial score (nSPS) is 24.2. The van der Waals surface area contributed by atoms with Gasteiger partial charge >= 0.3 is 5.97 Å². The minimum absolute atomic E-state index is 0.00904. The summed E-state index contributed by atoms with van der Waals surface area (Å²) < 4.78 is 30.5. The maximum atomic E-state index is 12.9. The molecule has 8 heteroatoms. The third-order valence-corrected chi connectivity index (χ3v) is 7.48. The molecule has 0 spiro atoms. The number of hydrogen-bond donors (Lipinski definition) is 2. The van der Waals surface area contributed by atoms with Gasteiger partial charge in [0.1, 0.15) is 0 Å². The highest BCUT2D eigenvalue weighted by molar-refractivity contribution is 7.91. The minimum atomic E-state index is -3.89. The van der Waals surface area contributed by atoms with Crippen LogP contribution in [-0.2, 0) is 19.6 Å². The second-order valence-corrected chi connectivity index (χ2v) is 8.37. The van der Waals surface area contributed by atoms with E-state index in [1.165, 1.54) is 4.31 Å². The number of sulfonamides is 1. The molecule has 0 amide bonds. The summed E-state index contributed by atoms with van der Waals surface area (Å²) in [6, 6.07) is 0. The number of carboxylic acid groups (broad SMARTS) is 1. The van der Waals surface area contributed by atoms with Gasteiger partial charge in [-0.1, -0.05) is 0 Å². The average Bonchev–Trinajstić information content (AvgIpc) is 2.53. The van der Waals surface area contributed by atoms with Crippen molar-refractivity contribution < 1.29 is 28.2 Å². The average molecular weight is 335 g/mol. The third-order valence-electron chi connectivity index (χ3n) is 4.87. The molecule has 0 bridgehead atoms. The molecule has 0 radical (unpaired) electrons. The first-order valence-corrected chi connectivity index (χ1v) is 9.30. The lowest BCUT2D eigenvalue weighted by atomic mass is 9.93. The summed E-state index contributed by atoms with van der Waals surface area (Å²) in [5.74, 6) is -0.854. The Bertz CT molecular complexity index is 478. The fourth-order valence-electron chi connectivity index (χ4n) is 3.35. The third kappa shape index (κ3) is 3.29. The van der Waals surface area contributed by atoms with E-state index >= 15 is 0 Å². The Morgan fingerprint density at radius 2 is 1.82 bits per heavy atom. The molecule has 22 heavy (non-hydrogen) atoms. The van der Waals surface area contributed by atoms with E-state index in [9.17, 15) is 18.3 Å². The van der Waals surface area contributed by atoms with Crippen molar-refractivity contribution in [2.45, 2.75) is 43.3 Å². The Morgan fingerprint density at radius 3 is 2.32 bits per heavy atom. The number of aliphatic hydroxyl groups excluding tert-OH is 1. The quantitative estimate of drug-likeness (QED) is 0.730. The van der Waals surface area contributed by atoms with E-state index in [0.717, 1.165) is 25.7 Å². The van der Waals surface area contributed by atoms with Gasteiger partial charge in [0.2, 0.25) is 10.0 Å². The largest absolute Gasteiger partial charge is 0.480 e. The van der Waals surface area contributed by atoms with Crippen LogP contribution in [0.3, 0.4) is 0 Å². The summed E-state index contributed by atoms with van der Waals surface area (Å²) in [5, 5.41) is 18.4. The van der Waals surface area contributed by atoms with Gasteiger partial charge in [0, 0.05) is 45.8 Å². The molecule has 2 N–H and O–H groups in total. The molecule has 2 heterocycles. The first-order chi connectivity index (χ1) is 10.4. The summed E-state index contributed by atoms with van der Waals surface area (Å²) in [6.07, 6.45) is 3.09. The molecule has 0 atom stereocenters. The molecular formula is C14H25NO6S. The van der Waals surface area contributed by atoms with Crippen LogP contribution in [-0.4, -0.2) is 66.6 Å². The van der Waals surface area contributed by atoms with Gasteiger partial charge in [-0.25, -0.2) is 12.7 Å². The molecule has 7 nitrogen and oxygen atoms in total. The van der Waals surface area contributed by atoms with Crippen LogP contribution >= 0.6 is 0 Å². The van der Waals surface area contributed by atoms with E-state index in [-0.39, 0.29) is 32.7 Å². The van der Waals surface area contributed by atoms with Gasteiger partial charge in [0.15, 0.2) is 4.75 Å². The Hall–Kier alpha value is -0.700. The molecule has 2 rings (SSSR count). The molecule has 2 aliphatic rings. The predicted octanol–water partition coefficient (Wildman–Crippen LogP) is 0.434. The van der Waals surface area contributed by atoms with Gasteiger partial charge in [-0.15, -0.1) is 0 Å². The Balaban J connectivity index is 2.08. The van der Waals surface area contributed by atoms with Crippen molar-refractivity contribution in [3.05, 3.63) is 0 Å². The molecule has 0 aromatic heterocycles. The summed E-state index contributed by atoms with van der Waals surface area (Å²) in [7, 11) is -3.89. The first kappa shape index (κ1) is 17.7. The Kier molecular flexibility index (Phi) is 5.81. The highest BCUT2D eigenvalue weighted by Gasteiger charge is 2.54. The number of ether oxygens (including phenoxy) is 1. The lowest BCUT2D eigenvalue weighted by Crippen LogP contribution is -2.57. The maximum absolute atomic E-state index is 12.9. The molecule has 2 aliphatic heterocycles. The summed E-state index contributed by atoms with van der Waals surface area (Å²) >= 11 is 0. The second kappa shape index (κ2) is 7.25. The monoisotopic (exact) mass is 335 g/mol. The molecule has 128 valence electrons. The number of piperidine rings is 1. The highest BCUT2D eigenvalue weighted by atomic mass is 32.2. The number of aliphatic hydroxyl groups is 1. The van der Waals surface area contributed by atoms with Crippen LogP contribution < -0.4 is 0 Å². The van der Waals surface area contributed by atoms with Gasteiger partial charge in [0.25, 0.3) is 0 Å². The van der Waals surface area contributed by atoms with E-state index < -0.39 is 20.7 Å². The van der Waals surface area contributed by atoms with Crippen LogP contribution in [0.1, 0.15) is 38.5 Å². The molecule has 0 aliphatic carbocycles. The first-order valence-electron chi connectivity index (χ1n) is 7.86. The van der Waals surface area contributed by atoms with Crippen molar-refractivity contribution in [1.82, 2.24) is 4.31 Å². The second-order valence-electron chi connectivity index (χ2n) is 6.13. The molecule has 0 aromatic rings. The van der Waals surface area contributed by atoms with E-state index in [0.29, 0.717) is 19.0 Å². The number of aliphatic carboxylic acids is 1. The zero-order valence-electron chi connectivity index (χ0n) is 12.7. The van der Waals surface area contributed by atoms with Crippen LogP contribution in [0.5, 0.6) is 0 Å². The number of hydrogen-bond acceptors (Lipinski definition) is 5. The summed E-state index contributed by atoms with van der Waals surface area (Å²) in [6.45, 7) is 1.22. The summed E-state index contributed by atoms with van der Waals surface area (Å²) in [4.78, 5) is 11.7. The number of carboxylic acids is 1. The van der Waals surface area contributed by atoms with Gasteiger partial charge in [-0.05, 0) is 31.6 Å². The van der Waals surface area contributed by atoms with Gasteiger partial charge in [-0.3, -0.25) is 4.79 Å². The van der Waals surface area contributed by atoms with Crippen molar-refractivity contribution >= 4 is 16.0 Å². The Labute approximate surface area is 131 Å². The standard InChI is InChI=1S/C14H25NO6S/c16-9-1-2-12-3-7-15(8-4-12)22(19,20)14(13(17)18)5-10-21-11-6-14/h12,16H,1-11H2,(H,17,18). The summed E-state index contributed by atoms with van der Waals surface area (Å²) in [5.41, 5.74) is 0. The molecule has 0 aromatic carbocycles. The van der Waals surface area contributed by atoms with E-state index in [2.05, 4.69) is 0 Å². The van der Waals surface area contributed by atoms with Gasteiger partial charge in [0.05, 0.1) is 0 Å². The zero-order valence-corrected chi connectivity index (χ0v) is 13.6. The highest BCUT2D eigenvalue weighted by Crippen LogP contribution is 2.35. The number of nitrogens with zero attached hydrogens (tertiary/aromatic N) is 1. The van der Waals surface area contributed by atoms with Crippen LogP contribution in [0.25, 0.3) is 0 Å². The smallest absolute Gasteiger partial charge is 0.326 e. The van der Waals surface area contributed by atoms with Crippen molar-refractivity contribution in [3.8, 4) is 0 Å². The number of carbonyl (C=O) groups is 1. The lowest BCUT2D eigenvalue weighted by Gasteiger charge is -2.39. The van der Waals surface area contributed by atoms with Crippen LogP contribution in [0.4, 0.5) is 0 Å². The van der Waals surface area contributed by atoms with Crippen molar-refractivity contribution in [3.63, 3.8) is 0 Å². The van der Waals surface area contributed by atoms with Crippen LogP contribution in [0.15, 0.2) is 0 Å².